The van der Waals surface area contributed by atoms with E-state index in [0.29, 0.717) is 0 Å². The number of hydrogen-bond donors (Lipinski definition) is 0. The average Bonchev–Trinajstić information content (AvgIpc) is 3.54. The van der Waals surface area contributed by atoms with Crippen LogP contribution in [-0.4, -0.2) is 36.4 Å². The Labute approximate surface area is 184 Å². The monoisotopic (exact) mass is 485 g/mol. The molecule has 0 radical (unpaired) electrons. The van der Waals surface area contributed by atoms with Crippen LogP contribution in [0.3, 0.4) is 0 Å². The molecule has 1 aromatic heterocycles. The first-order chi connectivity index (χ1) is 15.4. The number of esters is 1. The van der Waals surface area contributed by atoms with Gasteiger partial charge in [-0.1, -0.05) is 12.1 Å². The number of nitro benzene ring substituents is 1. The number of ether oxygens (including phenoxy) is 1. The van der Waals surface area contributed by atoms with E-state index < -0.39 is 49.1 Å². The van der Waals surface area contributed by atoms with Crippen molar-refractivity contribution in [2.75, 3.05) is 6.61 Å². The summed E-state index contributed by atoms with van der Waals surface area (Å²) < 4.78 is 71.2. The lowest BCUT2D eigenvalue weighted by molar-refractivity contribution is -0.384. The lowest BCUT2D eigenvalue weighted by Gasteiger charge is -2.18. The van der Waals surface area contributed by atoms with Crippen LogP contribution in [-0.2, 0) is 25.1 Å². The van der Waals surface area contributed by atoms with Crippen molar-refractivity contribution in [3.05, 3.63) is 51.7 Å². The minimum absolute atomic E-state index is 0.000406. The molecule has 3 rings (SSSR count). The summed E-state index contributed by atoms with van der Waals surface area (Å²) in [4.78, 5) is 26.6. The SMILES string of the molecule is CCOC(=O)C1(c2cc(-c3cccc([N+](=O)[O-])c3)c(C#N)c(OS(=O)(=O)C(F)(F)F)n2)CC1. The maximum absolute atomic E-state index is 12.9. The molecule has 0 amide bonds. The second kappa shape index (κ2) is 8.32. The summed E-state index contributed by atoms with van der Waals surface area (Å²) in [5.41, 5.74) is -8.69. The standard InChI is InChI=1S/C19H14F3N3O7S/c1-2-31-17(26)18(6-7-18)15-9-13(11-4-3-5-12(8-11)25(27)28)14(10-23)16(24-15)32-33(29,30)19(20,21)22/h3-5,8-9H,2,6-7H2,1H3. The molecule has 0 saturated heterocycles. The van der Waals surface area contributed by atoms with Gasteiger partial charge in [0.1, 0.15) is 17.0 Å². The second-order valence-corrected chi connectivity index (χ2v) is 8.48. The molecule has 14 heteroatoms. The van der Waals surface area contributed by atoms with Gasteiger partial charge in [0.2, 0.25) is 0 Å². The normalized spacial score (nSPS) is 14.8. The molecule has 1 aliphatic carbocycles. The molecule has 1 aromatic carbocycles. The molecule has 0 unspecified atom stereocenters. The third kappa shape index (κ3) is 4.44. The summed E-state index contributed by atoms with van der Waals surface area (Å²) in [6, 6.07) is 7.48. The molecular formula is C19H14F3N3O7S. The van der Waals surface area contributed by atoms with Crippen LogP contribution in [0.2, 0.25) is 0 Å². The van der Waals surface area contributed by atoms with Crippen LogP contribution in [0.1, 0.15) is 31.0 Å². The topological polar surface area (TPSA) is 149 Å². The lowest BCUT2D eigenvalue weighted by Crippen LogP contribution is -2.29. The van der Waals surface area contributed by atoms with Crippen molar-refractivity contribution < 1.29 is 40.2 Å². The van der Waals surface area contributed by atoms with Gasteiger partial charge in [-0.2, -0.15) is 26.9 Å². The van der Waals surface area contributed by atoms with Gasteiger partial charge in [0.05, 0.1) is 17.2 Å². The number of rotatable bonds is 7. The quantitative estimate of drug-likeness (QED) is 0.189. The Morgan fingerprint density at radius 2 is 2.00 bits per heavy atom. The van der Waals surface area contributed by atoms with E-state index in [2.05, 4.69) is 9.17 Å². The van der Waals surface area contributed by atoms with Crippen LogP contribution in [0, 0.1) is 21.4 Å². The van der Waals surface area contributed by atoms with E-state index in [9.17, 15) is 41.8 Å². The number of nitrogens with zero attached hydrogens (tertiary/aromatic N) is 3. The molecule has 0 atom stereocenters. The lowest BCUT2D eigenvalue weighted by atomic mass is 9.94. The first-order valence-corrected chi connectivity index (χ1v) is 10.7. The number of non-ortho nitro benzene ring substituents is 1. The Morgan fingerprint density at radius 3 is 2.52 bits per heavy atom. The van der Waals surface area contributed by atoms with Gasteiger partial charge >= 0.3 is 21.6 Å². The Morgan fingerprint density at radius 1 is 1.33 bits per heavy atom. The average molecular weight is 485 g/mol. The fraction of sp³-hybridized carbons (Fsp3) is 0.316. The van der Waals surface area contributed by atoms with Crippen molar-refractivity contribution in [2.45, 2.75) is 30.7 Å². The highest BCUT2D eigenvalue weighted by atomic mass is 32.2. The van der Waals surface area contributed by atoms with Gasteiger partial charge in [0.25, 0.3) is 11.6 Å². The second-order valence-electron chi connectivity index (χ2n) is 6.94. The van der Waals surface area contributed by atoms with Gasteiger partial charge < -0.3 is 8.92 Å². The summed E-state index contributed by atoms with van der Waals surface area (Å²) in [6.45, 7) is 1.54. The van der Waals surface area contributed by atoms with Crippen LogP contribution < -0.4 is 4.18 Å². The highest BCUT2D eigenvalue weighted by Gasteiger charge is 2.55. The van der Waals surface area contributed by atoms with Gasteiger partial charge in [0, 0.05) is 17.7 Å². The smallest absolute Gasteiger partial charge is 0.465 e. The van der Waals surface area contributed by atoms with E-state index in [-0.39, 0.29) is 36.3 Å². The number of carbonyl (C=O) groups is 1. The zero-order valence-electron chi connectivity index (χ0n) is 16.7. The van der Waals surface area contributed by atoms with Crippen LogP contribution in [0.25, 0.3) is 11.1 Å². The number of pyridine rings is 1. The number of nitriles is 1. The Balaban J connectivity index is 2.29. The van der Waals surface area contributed by atoms with Gasteiger partial charge in [-0.25, -0.2) is 4.98 Å². The zero-order chi connectivity index (χ0) is 24.6. The van der Waals surface area contributed by atoms with E-state index in [1.54, 1.807) is 6.92 Å². The zero-order valence-corrected chi connectivity index (χ0v) is 17.6. The third-order valence-corrected chi connectivity index (χ3v) is 5.79. The van der Waals surface area contributed by atoms with Crippen LogP contribution >= 0.6 is 0 Å². The van der Waals surface area contributed by atoms with Gasteiger partial charge in [-0.05, 0) is 31.4 Å². The van der Waals surface area contributed by atoms with Crippen molar-refractivity contribution in [2.24, 2.45) is 0 Å². The number of alkyl halides is 3. The highest BCUT2D eigenvalue weighted by molar-refractivity contribution is 7.87. The largest absolute Gasteiger partial charge is 0.534 e. The number of halogens is 3. The van der Waals surface area contributed by atoms with Gasteiger partial charge in [-0.15, -0.1) is 0 Å². The predicted molar refractivity (Wildman–Crippen MR) is 104 cm³/mol. The van der Waals surface area contributed by atoms with E-state index in [1.165, 1.54) is 24.3 Å². The minimum Gasteiger partial charge on any atom is -0.465 e. The van der Waals surface area contributed by atoms with E-state index in [1.807, 2.05) is 0 Å². The molecule has 0 N–H and O–H groups in total. The molecule has 0 aliphatic heterocycles. The third-order valence-electron chi connectivity index (χ3n) is 4.84. The van der Waals surface area contributed by atoms with E-state index in [0.717, 1.165) is 12.1 Å². The van der Waals surface area contributed by atoms with Crippen molar-refractivity contribution in [3.63, 3.8) is 0 Å². The molecule has 1 fully saturated rings. The Kier molecular flexibility index (Phi) is 6.03. The van der Waals surface area contributed by atoms with E-state index in [4.69, 9.17) is 4.74 Å². The fourth-order valence-electron chi connectivity index (χ4n) is 3.06. The van der Waals surface area contributed by atoms with Crippen molar-refractivity contribution in [1.82, 2.24) is 4.98 Å². The number of nitro groups is 1. The first kappa shape index (κ1) is 23.9. The molecule has 174 valence electrons. The first-order valence-electron chi connectivity index (χ1n) is 9.24. The summed E-state index contributed by atoms with van der Waals surface area (Å²) in [5.74, 6) is -1.94. The summed E-state index contributed by atoms with van der Waals surface area (Å²) in [5, 5.41) is 20.7. The number of benzene rings is 1. The summed E-state index contributed by atoms with van der Waals surface area (Å²) >= 11 is 0. The molecule has 33 heavy (non-hydrogen) atoms. The minimum atomic E-state index is -6.21. The van der Waals surface area contributed by atoms with Crippen molar-refractivity contribution in [3.8, 4) is 23.1 Å². The number of aromatic nitrogens is 1. The Hall–Kier alpha value is -3.73. The van der Waals surface area contributed by atoms with E-state index >= 15 is 0 Å². The fourth-order valence-corrected chi connectivity index (χ4v) is 3.48. The highest BCUT2D eigenvalue weighted by Crippen LogP contribution is 2.50. The Bertz CT molecular complexity index is 1280. The molecule has 10 nitrogen and oxygen atoms in total. The molecule has 1 heterocycles. The molecule has 1 saturated carbocycles. The van der Waals surface area contributed by atoms with Crippen molar-refractivity contribution in [1.29, 1.82) is 5.26 Å². The molecule has 1 aliphatic rings. The van der Waals surface area contributed by atoms with Crippen molar-refractivity contribution >= 4 is 21.8 Å². The summed E-state index contributed by atoms with van der Waals surface area (Å²) in [6.07, 6.45) is 0.398. The van der Waals surface area contributed by atoms with Gasteiger partial charge in [0.15, 0.2) is 0 Å². The van der Waals surface area contributed by atoms with Crippen LogP contribution in [0.5, 0.6) is 5.88 Å². The number of carbonyl (C=O) groups excluding carboxylic acids is 1. The molecule has 0 bridgehead atoms. The molecular weight excluding hydrogens is 471 g/mol. The summed E-state index contributed by atoms with van der Waals surface area (Å²) in [7, 11) is -6.21. The number of hydrogen-bond acceptors (Lipinski definition) is 9. The maximum atomic E-state index is 12.9. The maximum Gasteiger partial charge on any atom is 0.534 e. The van der Waals surface area contributed by atoms with Gasteiger partial charge in [-0.3, -0.25) is 14.9 Å². The van der Waals surface area contributed by atoms with Crippen LogP contribution in [0.15, 0.2) is 30.3 Å². The molecule has 0 spiro atoms. The predicted octanol–water partition coefficient (Wildman–Crippen LogP) is 3.35. The van der Waals surface area contributed by atoms with Crippen LogP contribution in [0.4, 0.5) is 18.9 Å². The molecule has 2 aromatic rings.